The highest BCUT2D eigenvalue weighted by Crippen LogP contribution is 2.19. The highest BCUT2D eigenvalue weighted by Gasteiger charge is 2.24. The van der Waals surface area contributed by atoms with Crippen molar-refractivity contribution in [1.29, 1.82) is 0 Å². The van der Waals surface area contributed by atoms with Gasteiger partial charge in [0.05, 0.1) is 24.1 Å². The van der Waals surface area contributed by atoms with Crippen molar-refractivity contribution in [3.8, 4) is 0 Å². The molecule has 1 aromatic heterocycles. The molecule has 1 saturated heterocycles. The minimum Gasteiger partial charge on any atom is -0.478 e. The second kappa shape index (κ2) is 6.92. The normalized spacial score (nSPS) is 15.6. The van der Waals surface area contributed by atoms with Crippen molar-refractivity contribution >= 4 is 17.7 Å². The number of amides is 1. The maximum atomic E-state index is 11.6. The second-order valence-electron chi connectivity index (χ2n) is 4.83. The van der Waals surface area contributed by atoms with E-state index in [0.717, 1.165) is 12.8 Å². The number of carboxylic acids is 1. The summed E-state index contributed by atoms with van der Waals surface area (Å²) >= 11 is 0. The van der Waals surface area contributed by atoms with Crippen LogP contribution in [0, 0.1) is 0 Å². The van der Waals surface area contributed by atoms with E-state index in [2.05, 4.69) is 10.3 Å². The average Bonchev–Trinajstić information content (AvgIpc) is 2.48. The fraction of sp³-hybridized carbons (Fsp3) is 0.500. The van der Waals surface area contributed by atoms with Crippen LogP contribution >= 0.6 is 0 Å². The number of carbonyl (C=O) groups is 2. The molecular weight excluding hydrogens is 274 g/mol. The van der Waals surface area contributed by atoms with Gasteiger partial charge in [0.1, 0.15) is 0 Å². The average molecular weight is 293 g/mol. The van der Waals surface area contributed by atoms with E-state index >= 15 is 0 Å². The lowest BCUT2D eigenvalue weighted by Gasteiger charge is -2.32. The number of anilines is 1. The Labute approximate surface area is 122 Å². The minimum absolute atomic E-state index is 0.123. The Morgan fingerprint density at radius 2 is 2.19 bits per heavy atom. The summed E-state index contributed by atoms with van der Waals surface area (Å²) < 4.78 is 4.96. The first kappa shape index (κ1) is 15.1. The second-order valence-corrected chi connectivity index (χ2v) is 4.83. The zero-order valence-electron chi connectivity index (χ0n) is 11.9. The topological polar surface area (TPSA) is 91.8 Å². The van der Waals surface area contributed by atoms with Crippen LogP contribution in [0.15, 0.2) is 18.5 Å². The molecule has 1 fully saturated rings. The molecule has 0 spiro atoms. The Bertz CT molecular complexity index is 513. The fourth-order valence-electron chi connectivity index (χ4n) is 2.34. The number of aromatic carboxylic acids is 1. The molecule has 1 aliphatic heterocycles. The van der Waals surface area contributed by atoms with Crippen LogP contribution < -0.4 is 5.32 Å². The Hall–Kier alpha value is -2.31. The maximum Gasteiger partial charge on any atom is 0.409 e. The van der Waals surface area contributed by atoms with Gasteiger partial charge in [-0.1, -0.05) is 0 Å². The third-order valence-corrected chi connectivity index (χ3v) is 3.43. The van der Waals surface area contributed by atoms with Gasteiger partial charge in [0, 0.05) is 25.3 Å². The molecule has 0 atom stereocenters. The zero-order valence-corrected chi connectivity index (χ0v) is 11.9. The third-order valence-electron chi connectivity index (χ3n) is 3.43. The van der Waals surface area contributed by atoms with Crippen LogP contribution in [0.5, 0.6) is 0 Å². The Kier molecular flexibility index (Phi) is 4.97. The van der Waals surface area contributed by atoms with Gasteiger partial charge < -0.3 is 20.1 Å². The van der Waals surface area contributed by atoms with E-state index in [4.69, 9.17) is 9.84 Å². The molecule has 0 radical (unpaired) electrons. The number of rotatable bonds is 4. The van der Waals surface area contributed by atoms with Crippen molar-refractivity contribution in [2.24, 2.45) is 0 Å². The molecule has 2 rings (SSSR count). The summed E-state index contributed by atoms with van der Waals surface area (Å²) in [6, 6.07) is 1.59. The number of pyridine rings is 1. The van der Waals surface area contributed by atoms with Gasteiger partial charge in [0.15, 0.2) is 0 Å². The predicted octanol–water partition coefficient (Wildman–Crippen LogP) is 1.81. The van der Waals surface area contributed by atoms with Crippen molar-refractivity contribution < 1.29 is 19.4 Å². The van der Waals surface area contributed by atoms with Crippen LogP contribution in [0.3, 0.4) is 0 Å². The molecular formula is C14H19N3O4. The summed E-state index contributed by atoms with van der Waals surface area (Å²) in [6.45, 7) is 3.34. The summed E-state index contributed by atoms with van der Waals surface area (Å²) in [5.41, 5.74) is 0.720. The molecule has 1 aromatic rings. The lowest BCUT2D eigenvalue weighted by Crippen LogP contribution is -2.42. The van der Waals surface area contributed by atoms with E-state index in [9.17, 15) is 9.59 Å². The van der Waals surface area contributed by atoms with Gasteiger partial charge >= 0.3 is 12.1 Å². The number of likely N-dealkylation sites (tertiary alicyclic amines) is 1. The van der Waals surface area contributed by atoms with E-state index in [0.29, 0.717) is 25.4 Å². The number of hydrogen-bond donors (Lipinski definition) is 2. The minimum atomic E-state index is -0.983. The molecule has 7 nitrogen and oxygen atoms in total. The smallest absolute Gasteiger partial charge is 0.409 e. The van der Waals surface area contributed by atoms with Gasteiger partial charge in [-0.2, -0.15) is 0 Å². The molecule has 2 heterocycles. The monoisotopic (exact) mass is 293 g/mol. The van der Waals surface area contributed by atoms with E-state index in [1.807, 2.05) is 0 Å². The molecule has 7 heteroatoms. The fourth-order valence-corrected chi connectivity index (χ4v) is 2.34. The van der Waals surface area contributed by atoms with E-state index < -0.39 is 5.97 Å². The number of carboxylic acid groups (broad SMARTS) is 1. The molecule has 114 valence electrons. The van der Waals surface area contributed by atoms with Gasteiger partial charge in [0.2, 0.25) is 0 Å². The van der Waals surface area contributed by atoms with E-state index in [-0.39, 0.29) is 17.7 Å². The molecule has 0 aliphatic carbocycles. The number of carbonyl (C=O) groups excluding carboxylic acids is 1. The maximum absolute atomic E-state index is 11.6. The van der Waals surface area contributed by atoms with Crippen LogP contribution in [-0.4, -0.2) is 52.8 Å². The number of piperidine rings is 1. The van der Waals surface area contributed by atoms with Crippen LogP contribution in [0.25, 0.3) is 0 Å². The van der Waals surface area contributed by atoms with Crippen LogP contribution in [0.4, 0.5) is 10.5 Å². The van der Waals surface area contributed by atoms with Crippen molar-refractivity contribution in [3.05, 3.63) is 24.0 Å². The zero-order chi connectivity index (χ0) is 15.2. The highest BCUT2D eigenvalue weighted by atomic mass is 16.6. The summed E-state index contributed by atoms with van der Waals surface area (Å²) in [5, 5.41) is 12.3. The quantitative estimate of drug-likeness (QED) is 0.879. The summed E-state index contributed by atoms with van der Waals surface area (Å²) in [4.78, 5) is 28.4. The number of hydrogen-bond acceptors (Lipinski definition) is 5. The van der Waals surface area contributed by atoms with Crippen molar-refractivity contribution in [1.82, 2.24) is 9.88 Å². The lowest BCUT2D eigenvalue weighted by molar-refractivity contribution is 0.0697. The molecule has 0 aromatic carbocycles. The van der Waals surface area contributed by atoms with Crippen LogP contribution in [0.2, 0.25) is 0 Å². The summed E-state index contributed by atoms with van der Waals surface area (Å²) in [5.74, 6) is -0.983. The van der Waals surface area contributed by atoms with E-state index in [1.54, 1.807) is 11.8 Å². The number of aromatic nitrogens is 1. The molecule has 21 heavy (non-hydrogen) atoms. The van der Waals surface area contributed by atoms with Gasteiger partial charge in [-0.15, -0.1) is 0 Å². The van der Waals surface area contributed by atoms with Crippen molar-refractivity contribution in [3.63, 3.8) is 0 Å². The SMILES string of the molecule is CCOC(=O)N1CCC(Nc2cnccc2C(=O)O)CC1. The summed E-state index contributed by atoms with van der Waals surface area (Å²) in [6.07, 6.45) is 4.17. The lowest BCUT2D eigenvalue weighted by atomic mass is 10.0. The molecule has 0 bridgehead atoms. The van der Waals surface area contributed by atoms with Crippen LogP contribution in [-0.2, 0) is 4.74 Å². The molecule has 1 aliphatic rings. The molecule has 1 amide bonds. The van der Waals surface area contributed by atoms with Gasteiger partial charge in [-0.25, -0.2) is 9.59 Å². The van der Waals surface area contributed by atoms with Gasteiger partial charge in [-0.3, -0.25) is 4.98 Å². The number of nitrogens with zero attached hydrogens (tertiary/aromatic N) is 2. The first-order chi connectivity index (χ1) is 10.1. The first-order valence-corrected chi connectivity index (χ1v) is 6.97. The standard InChI is InChI=1S/C14H19N3O4/c1-2-21-14(20)17-7-4-10(5-8-17)16-12-9-15-6-3-11(12)13(18)19/h3,6,9-10,16H,2,4-5,7-8H2,1H3,(H,18,19). The predicted molar refractivity (Wildman–Crippen MR) is 76.4 cm³/mol. The van der Waals surface area contributed by atoms with Gasteiger partial charge in [0.25, 0.3) is 0 Å². The third kappa shape index (κ3) is 3.84. The Morgan fingerprint density at radius 1 is 1.48 bits per heavy atom. The van der Waals surface area contributed by atoms with E-state index in [1.165, 1.54) is 18.5 Å². The first-order valence-electron chi connectivity index (χ1n) is 6.97. The highest BCUT2D eigenvalue weighted by molar-refractivity contribution is 5.93. The largest absolute Gasteiger partial charge is 0.478 e. The Balaban J connectivity index is 1.92. The van der Waals surface area contributed by atoms with Crippen molar-refractivity contribution in [2.45, 2.75) is 25.8 Å². The summed E-state index contributed by atoms with van der Waals surface area (Å²) in [7, 11) is 0. The number of nitrogens with one attached hydrogen (secondary N) is 1. The molecule has 2 N–H and O–H groups in total. The Morgan fingerprint density at radius 3 is 2.81 bits per heavy atom. The molecule has 0 unspecified atom stereocenters. The van der Waals surface area contributed by atoms with Gasteiger partial charge in [-0.05, 0) is 25.8 Å². The van der Waals surface area contributed by atoms with Crippen LogP contribution in [0.1, 0.15) is 30.1 Å². The van der Waals surface area contributed by atoms with Crippen molar-refractivity contribution in [2.75, 3.05) is 25.0 Å². The number of ether oxygens (including phenoxy) is 1. The molecule has 0 saturated carbocycles.